The number of amides is 1. The summed E-state index contributed by atoms with van der Waals surface area (Å²) in [5, 5.41) is 4.37. The lowest BCUT2D eigenvalue weighted by Gasteiger charge is -2.10. The summed E-state index contributed by atoms with van der Waals surface area (Å²) in [6.07, 6.45) is 3.08. The van der Waals surface area contributed by atoms with E-state index in [0.29, 0.717) is 40.2 Å². The number of carbonyl (C=O) groups is 1. The number of nitrogens with two attached hydrogens (primary N) is 1. The highest BCUT2D eigenvalue weighted by Crippen LogP contribution is 2.27. The second kappa shape index (κ2) is 9.03. The lowest BCUT2D eigenvalue weighted by molar-refractivity contribution is 0.0958. The van der Waals surface area contributed by atoms with Gasteiger partial charge in [-0.3, -0.25) is 4.79 Å². The molecule has 8 heteroatoms. The third-order valence-corrected chi connectivity index (χ3v) is 4.21. The van der Waals surface area contributed by atoms with Crippen molar-refractivity contribution in [1.29, 1.82) is 0 Å². The van der Waals surface area contributed by atoms with Crippen LogP contribution in [0, 0.1) is 0 Å². The number of nitrogens with one attached hydrogen (secondary N) is 1. The number of carbonyl (C=O) groups excluding carboxylic acids is 1. The third kappa shape index (κ3) is 4.93. The number of hydrogen-bond acceptors (Lipinski definition) is 7. The van der Waals surface area contributed by atoms with Crippen LogP contribution < -0.4 is 20.6 Å². The maximum Gasteiger partial charge on any atom is 0.283 e. The van der Waals surface area contributed by atoms with E-state index < -0.39 is 0 Å². The molecule has 0 radical (unpaired) electrons. The molecular formula is C17H22N4O3S. The maximum absolute atomic E-state index is 12.2. The number of anilines is 1. The van der Waals surface area contributed by atoms with Gasteiger partial charge in [-0.25, -0.2) is 10.4 Å². The molecule has 25 heavy (non-hydrogen) atoms. The molecule has 0 aliphatic rings. The Hall–Kier alpha value is -2.61. The number of methoxy groups -OCH3 is 1. The van der Waals surface area contributed by atoms with Crippen LogP contribution in [0.15, 0.2) is 23.3 Å². The predicted octanol–water partition coefficient (Wildman–Crippen LogP) is 2.85. The standard InChI is InChI=1S/C17H22N4O3S/c1-4-8-24-14-9-11(6-7-13(14)23-3)10-19-21-16(22)15-12(5-2)20-17(18)25-15/h6-7,9-10H,4-5,8H2,1-3H3,(H2,18,20)(H,21,22)/b19-10-. The van der Waals surface area contributed by atoms with Crippen LogP contribution in [0.4, 0.5) is 5.13 Å². The minimum atomic E-state index is -0.321. The number of rotatable bonds is 8. The highest BCUT2D eigenvalue weighted by molar-refractivity contribution is 7.17. The number of hydrogen-bond donors (Lipinski definition) is 2. The van der Waals surface area contributed by atoms with Gasteiger partial charge >= 0.3 is 0 Å². The van der Waals surface area contributed by atoms with E-state index >= 15 is 0 Å². The van der Waals surface area contributed by atoms with Gasteiger partial charge in [-0.05, 0) is 36.6 Å². The Balaban J connectivity index is 2.07. The molecule has 0 unspecified atom stereocenters. The minimum absolute atomic E-state index is 0.321. The summed E-state index contributed by atoms with van der Waals surface area (Å²) in [5.74, 6) is 0.976. The Morgan fingerprint density at radius 2 is 2.20 bits per heavy atom. The lowest BCUT2D eigenvalue weighted by Crippen LogP contribution is -2.17. The van der Waals surface area contributed by atoms with Crippen molar-refractivity contribution in [2.45, 2.75) is 26.7 Å². The summed E-state index contributed by atoms with van der Waals surface area (Å²) in [5.41, 5.74) is 9.62. The molecule has 2 aromatic rings. The van der Waals surface area contributed by atoms with E-state index in [0.717, 1.165) is 23.3 Å². The molecule has 7 nitrogen and oxygen atoms in total. The summed E-state index contributed by atoms with van der Waals surface area (Å²) >= 11 is 1.15. The van der Waals surface area contributed by atoms with Crippen LogP contribution in [0.3, 0.4) is 0 Å². The minimum Gasteiger partial charge on any atom is -0.493 e. The van der Waals surface area contributed by atoms with E-state index in [-0.39, 0.29) is 5.91 Å². The number of benzene rings is 1. The smallest absolute Gasteiger partial charge is 0.283 e. The van der Waals surface area contributed by atoms with Gasteiger partial charge in [-0.2, -0.15) is 5.10 Å². The number of nitrogens with zero attached hydrogens (tertiary/aromatic N) is 2. The van der Waals surface area contributed by atoms with Gasteiger partial charge in [-0.1, -0.05) is 25.2 Å². The van der Waals surface area contributed by atoms with Crippen LogP contribution in [0.2, 0.25) is 0 Å². The van der Waals surface area contributed by atoms with Gasteiger partial charge < -0.3 is 15.2 Å². The molecule has 0 bridgehead atoms. The predicted molar refractivity (Wildman–Crippen MR) is 99.7 cm³/mol. The Morgan fingerprint density at radius 1 is 1.40 bits per heavy atom. The van der Waals surface area contributed by atoms with Gasteiger partial charge in [0.25, 0.3) is 5.91 Å². The summed E-state index contributed by atoms with van der Waals surface area (Å²) in [4.78, 5) is 16.8. The molecule has 1 amide bonds. The zero-order chi connectivity index (χ0) is 18.2. The molecule has 0 aliphatic heterocycles. The second-order valence-electron chi connectivity index (χ2n) is 5.14. The number of thiazole rings is 1. The third-order valence-electron chi connectivity index (χ3n) is 3.28. The van der Waals surface area contributed by atoms with Crippen LogP contribution in [0.1, 0.15) is 41.2 Å². The fraction of sp³-hybridized carbons (Fsp3) is 0.353. The van der Waals surface area contributed by atoms with Crippen molar-refractivity contribution in [2.24, 2.45) is 5.10 Å². The van der Waals surface area contributed by atoms with Crippen LogP contribution in [0.5, 0.6) is 11.5 Å². The normalized spacial score (nSPS) is 10.8. The highest BCUT2D eigenvalue weighted by atomic mass is 32.1. The molecule has 0 spiro atoms. The summed E-state index contributed by atoms with van der Waals surface area (Å²) < 4.78 is 10.9. The number of aromatic nitrogens is 1. The van der Waals surface area contributed by atoms with Crippen molar-refractivity contribution < 1.29 is 14.3 Å². The molecule has 0 atom stereocenters. The number of aryl methyl sites for hydroxylation is 1. The quantitative estimate of drug-likeness (QED) is 0.556. The largest absolute Gasteiger partial charge is 0.493 e. The van der Waals surface area contributed by atoms with Gasteiger partial charge in [0, 0.05) is 0 Å². The number of hydrazone groups is 1. The Kier molecular flexibility index (Phi) is 6.76. The SMILES string of the molecule is CCCOc1cc(/C=N\NC(=O)c2sc(N)nc2CC)ccc1OC. The van der Waals surface area contributed by atoms with E-state index in [1.807, 2.05) is 26.0 Å². The molecule has 1 aromatic carbocycles. The van der Waals surface area contributed by atoms with E-state index in [1.54, 1.807) is 19.4 Å². The van der Waals surface area contributed by atoms with Gasteiger partial charge in [0.2, 0.25) is 0 Å². The first-order valence-electron chi connectivity index (χ1n) is 7.98. The summed E-state index contributed by atoms with van der Waals surface area (Å²) in [6.45, 7) is 4.55. The molecule has 0 fully saturated rings. The van der Waals surface area contributed by atoms with Crippen molar-refractivity contribution in [3.8, 4) is 11.5 Å². The lowest BCUT2D eigenvalue weighted by atomic mass is 10.2. The second-order valence-corrected chi connectivity index (χ2v) is 6.17. The van der Waals surface area contributed by atoms with Crippen molar-refractivity contribution in [3.05, 3.63) is 34.3 Å². The van der Waals surface area contributed by atoms with Crippen molar-refractivity contribution in [3.63, 3.8) is 0 Å². The van der Waals surface area contributed by atoms with Gasteiger partial charge in [0.05, 0.1) is 25.6 Å². The van der Waals surface area contributed by atoms with Crippen LogP contribution in [-0.2, 0) is 6.42 Å². The molecule has 1 aromatic heterocycles. The van der Waals surface area contributed by atoms with E-state index in [9.17, 15) is 4.79 Å². The monoisotopic (exact) mass is 362 g/mol. The van der Waals surface area contributed by atoms with Crippen molar-refractivity contribution in [2.75, 3.05) is 19.5 Å². The Bertz CT molecular complexity index is 758. The molecule has 0 aliphatic carbocycles. The first-order chi connectivity index (χ1) is 12.1. The summed E-state index contributed by atoms with van der Waals surface area (Å²) in [7, 11) is 1.59. The Labute approximate surface area is 150 Å². The zero-order valence-corrected chi connectivity index (χ0v) is 15.4. The summed E-state index contributed by atoms with van der Waals surface area (Å²) in [6, 6.07) is 5.44. The van der Waals surface area contributed by atoms with Crippen molar-refractivity contribution >= 4 is 28.6 Å². The highest BCUT2D eigenvalue weighted by Gasteiger charge is 2.15. The number of nitrogen functional groups attached to an aromatic ring is 1. The van der Waals surface area contributed by atoms with Crippen LogP contribution >= 0.6 is 11.3 Å². The van der Waals surface area contributed by atoms with Gasteiger partial charge in [0.1, 0.15) is 4.88 Å². The van der Waals surface area contributed by atoms with Gasteiger partial charge in [0.15, 0.2) is 16.6 Å². The van der Waals surface area contributed by atoms with Crippen LogP contribution in [-0.4, -0.2) is 30.8 Å². The first kappa shape index (κ1) is 18.7. The number of ether oxygens (including phenoxy) is 2. The van der Waals surface area contributed by atoms with Crippen LogP contribution in [0.25, 0.3) is 0 Å². The molecule has 1 heterocycles. The molecule has 2 rings (SSSR count). The maximum atomic E-state index is 12.2. The van der Waals surface area contributed by atoms with E-state index in [4.69, 9.17) is 15.2 Å². The van der Waals surface area contributed by atoms with Crippen molar-refractivity contribution in [1.82, 2.24) is 10.4 Å². The molecule has 3 N–H and O–H groups in total. The topological polar surface area (TPSA) is 98.8 Å². The average molecular weight is 362 g/mol. The fourth-order valence-corrected chi connectivity index (χ4v) is 2.91. The van der Waals surface area contributed by atoms with E-state index in [2.05, 4.69) is 15.5 Å². The van der Waals surface area contributed by atoms with Gasteiger partial charge in [-0.15, -0.1) is 0 Å². The fourth-order valence-electron chi connectivity index (χ4n) is 2.10. The zero-order valence-electron chi connectivity index (χ0n) is 14.5. The average Bonchev–Trinajstić information content (AvgIpc) is 3.01. The van der Waals surface area contributed by atoms with E-state index in [1.165, 1.54) is 0 Å². The molecular weight excluding hydrogens is 340 g/mol. The molecule has 0 saturated carbocycles. The molecule has 0 saturated heterocycles. The molecule has 134 valence electrons. The Morgan fingerprint density at radius 3 is 2.88 bits per heavy atom. The first-order valence-corrected chi connectivity index (χ1v) is 8.80.